The van der Waals surface area contributed by atoms with E-state index in [-0.39, 0.29) is 0 Å². The van der Waals surface area contributed by atoms with Crippen LogP contribution in [0.15, 0.2) is 36.0 Å². The molecule has 3 nitrogen and oxygen atoms in total. The van der Waals surface area contributed by atoms with Gasteiger partial charge in [-0.25, -0.2) is 4.98 Å². The van der Waals surface area contributed by atoms with E-state index in [1.165, 1.54) is 53.6 Å². The van der Waals surface area contributed by atoms with Gasteiger partial charge in [-0.2, -0.15) is 0 Å². The number of fused-ring (bicyclic) bond motifs is 1. The van der Waals surface area contributed by atoms with Crippen molar-refractivity contribution in [2.45, 2.75) is 38.1 Å². The molecule has 0 unspecified atom stereocenters. The minimum atomic E-state index is 0.595. The number of rotatable bonds is 3. The molecular weight excluding hydrogens is 278 g/mol. The zero-order valence-electron chi connectivity index (χ0n) is 11.9. The summed E-state index contributed by atoms with van der Waals surface area (Å²) in [5, 5.41) is 7.14. The molecule has 0 saturated heterocycles. The van der Waals surface area contributed by atoms with Crippen LogP contribution in [0.3, 0.4) is 0 Å². The molecule has 4 rings (SSSR count). The highest BCUT2D eigenvalue weighted by molar-refractivity contribution is 7.13. The second kappa shape index (κ2) is 5.53. The van der Waals surface area contributed by atoms with Crippen LogP contribution < -0.4 is 5.32 Å². The standard InChI is InChI=1S/C17H19N3S/c1-2-5-12(6-3-1)20-16-13-8-9-18-17(13)19-11-14(16)15-7-4-10-21-15/h4,7-12H,1-3,5-6H2,(H2,18,19,20). The maximum atomic E-state index is 4.56. The van der Waals surface area contributed by atoms with Gasteiger partial charge >= 0.3 is 0 Å². The van der Waals surface area contributed by atoms with Crippen LogP contribution in [0.4, 0.5) is 5.69 Å². The Balaban J connectivity index is 1.79. The molecule has 3 aromatic heterocycles. The Morgan fingerprint density at radius 1 is 1.19 bits per heavy atom. The molecule has 1 saturated carbocycles. The molecule has 1 aliphatic carbocycles. The summed E-state index contributed by atoms with van der Waals surface area (Å²) >= 11 is 1.77. The van der Waals surface area contributed by atoms with Crippen LogP contribution in [-0.4, -0.2) is 16.0 Å². The maximum Gasteiger partial charge on any atom is 0.139 e. The fourth-order valence-corrected chi connectivity index (χ4v) is 3.98. The minimum absolute atomic E-state index is 0.595. The molecule has 0 bridgehead atoms. The predicted molar refractivity (Wildman–Crippen MR) is 89.9 cm³/mol. The van der Waals surface area contributed by atoms with E-state index in [0.717, 1.165) is 5.65 Å². The largest absolute Gasteiger partial charge is 0.381 e. The van der Waals surface area contributed by atoms with E-state index < -0.39 is 0 Å². The zero-order valence-corrected chi connectivity index (χ0v) is 12.7. The number of pyridine rings is 1. The molecule has 0 amide bonds. The van der Waals surface area contributed by atoms with Crippen LogP contribution in [0, 0.1) is 0 Å². The average Bonchev–Trinajstić information content (AvgIpc) is 3.20. The Bertz CT molecular complexity index is 724. The van der Waals surface area contributed by atoms with Crippen LogP contribution in [0.1, 0.15) is 32.1 Å². The summed E-state index contributed by atoms with van der Waals surface area (Å²) in [6.07, 6.45) is 10.6. The van der Waals surface area contributed by atoms with Crippen LogP contribution >= 0.6 is 11.3 Å². The van der Waals surface area contributed by atoms with Crippen molar-refractivity contribution in [2.75, 3.05) is 5.32 Å². The van der Waals surface area contributed by atoms with Gasteiger partial charge in [-0.15, -0.1) is 11.3 Å². The van der Waals surface area contributed by atoms with Gasteiger partial charge in [0.15, 0.2) is 0 Å². The first kappa shape index (κ1) is 12.9. The van der Waals surface area contributed by atoms with E-state index in [4.69, 9.17) is 0 Å². The van der Waals surface area contributed by atoms with Crippen LogP contribution in [0.2, 0.25) is 0 Å². The first-order valence-corrected chi connectivity index (χ1v) is 8.56. The lowest BCUT2D eigenvalue weighted by molar-refractivity contribution is 0.463. The molecule has 0 aliphatic heterocycles. The number of nitrogens with zero attached hydrogens (tertiary/aromatic N) is 1. The van der Waals surface area contributed by atoms with Gasteiger partial charge in [0.2, 0.25) is 0 Å². The molecule has 3 heterocycles. The third-order valence-corrected chi connectivity index (χ3v) is 5.23. The number of hydrogen-bond acceptors (Lipinski definition) is 3. The molecular formula is C17H19N3S. The van der Waals surface area contributed by atoms with Crippen molar-refractivity contribution in [3.63, 3.8) is 0 Å². The average molecular weight is 297 g/mol. The number of aromatic amines is 1. The van der Waals surface area contributed by atoms with E-state index in [2.05, 4.69) is 38.9 Å². The highest BCUT2D eigenvalue weighted by Gasteiger charge is 2.18. The summed E-state index contributed by atoms with van der Waals surface area (Å²) in [6, 6.07) is 7.00. The molecule has 0 radical (unpaired) electrons. The van der Waals surface area contributed by atoms with Crippen molar-refractivity contribution < 1.29 is 0 Å². The van der Waals surface area contributed by atoms with E-state index in [0.29, 0.717) is 6.04 Å². The smallest absolute Gasteiger partial charge is 0.139 e. The lowest BCUT2D eigenvalue weighted by Crippen LogP contribution is -2.22. The first-order chi connectivity index (χ1) is 10.4. The van der Waals surface area contributed by atoms with Gasteiger partial charge in [-0.3, -0.25) is 0 Å². The van der Waals surface area contributed by atoms with Crippen molar-refractivity contribution in [1.29, 1.82) is 0 Å². The van der Waals surface area contributed by atoms with Gasteiger partial charge in [0.1, 0.15) is 5.65 Å². The summed E-state index contributed by atoms with van der Waals surface area (Å²) in [5.74, 6) is 0. The highest BCUT2D eigenvalue weighted by Crippen LogP contribution is 2.37. The second-order valence-electron chi connectivity index (χ2n) is 5.74. The molecule has 21 heavy (non-hydrogen) atoms. The number of hydrogen-bond donors (Lipinski definition) is 2. The summed E-state index contributed by atoms with van der Waals surface area (Å²) in [4.78, 5) is 9.07. The Labute approximate surface area is 128 Å². The summed E-state index contributed by atoms with van der Waals surface area (Å²) in [6.45, 7) is 0. The molecule has 0 aromatic carbocycles. The normalized spacial score (nSPS) is 16.4. The monoisotopic (exact) mass is 297 g/mol. The van der Waals surface area contributed by atoms with E-state index in [9.17, 15) is 0 Å². The Morgan fingerprint density at radius 3 is 2.90 bits per heavy atom. The summed E-state index contributed by atoms with van der Waals surface area (Å²) in [5.41, 5.74) is 3.44. The van der Waals surface area contributed by atoms with E-state index in [1.807, 2.05) is 12.4 Å². The van der Waals surface area contributed by atoms with Gasteiger partial charge in [0.05, 0.1) is 5.69 Å². The molecule has 108 valence electrons. The maximum absolute atomic E-state index is 4.56. The highest BCUT2D eigenvalue weighted by atomic mass is 32.1. The third-order valence-electron chi connectivity index (χ3n) is 4.33. The third kappa shape index (κ3) is 2.44. The van der Waals surface area contributed by atoms with Crippen LogP contribution in [-0.2, 0) is 0 Å². The first-order valence-electron chi connectivity index (χ1n) is 7.68. The fourth-order valence-electron chi connectivity index (χ4n) is 3.23. The van der Waals surface area contributed by atoms with E-state index in [1.54, 1.807) is 11.3 Å². The van der Waals surface area contributed by atoms with Crippen LogP contribution in [0.5, 0.6) is 0 Å². The topological polar surface area (TPSA) is 40.7 Å². The molecule has 2 N–H and O–H groups in total. The zero-order chi connectivity index (χ0) is 14.1. The van der Waals surface area contributed by atoms with Gasteiger partial charge in [0.25, 0.3) is 0 Å². The van der Waals surface area contributed by atoms with Crippen molar-refractivity contribution in [3.05, 3.63) is 36.0 Å². The second-order valence-corrected chi connectivity index (χ2v) is 6.69. The van der Waals surface area contributed by atoms with Crippen molar-refractivity contribution in [2.24, 2.45) is 0 Å². The molecule has 3 aromatic rings. The fraction of sp³-hybridized carbons (Fsp3) is 0.353. The predicted octanol–water partition coefficient (Wildman–Crippen LogP) is 5.04. The van der Waals surface area contributed by atoms with Crippen molar-refractivity contribution >= 4 is 28.1 Å². The quantitative estimate of drug-likeness (QED) is 0.711. The molecule has 0 atom stereocenters. The van der Waals surface area contributed by atoms with E-state index >= 15 is 0 Å². The van der Waals surface area contributed by atoms with Crippen LogP contribution in [0.25, 0.3) is 21.5 Å². The molecule has 1 fully saturated rings. The van der Waals surface area contributed by atoms with Gasteiger partial charge in [-0.05, 0) is 30.4 Å². The Hall–Kier alpha value is -1.81. The van der Waals surface area contributed by atoms with Gasteiger partial charge in [-0.1, -0.05) is 25.3 Å². The Kier molecular flexibility index (Phi) is 3.39. The molecule has 0 spiro atoms. The number of thiophene rings is 1. The SMILES string of the molecule is c1csc(-c2cnc3[nH]ccc3c2NC2CCCCC2)c1. The number of H-pyrrole nitrogens is 1. The summed E-state index contributed by atoms with van der Waals surface area (Å²) in [7, 11) is 0. The van der Waals surface area contributed by atoms with Gasteiger partial charge < -0.3 is 10.3 Å². The lowest BCUT2D eigenvalue weighted by atomic mass is 9.95. The summed E-state index contributed by atoms with van der Waals surface area (Å²) < 4.78 is 0. The van der Waals surface area contributed by atoms with Crippen molar-refractivity contribution in [1.82, 2.24) is 9.97 Å². The van der Waals surface area contributed by atoms with Crippen molar-refractivity contribution in [3.8, 4) is 10.4 Å². The lowest BCUT2D eigenvalue weighted by Gasteiger charge is -2.25. The molecule has 4 heteroatoms. The Morgan fingerprint density at radius 2 is 2.10 bits per heavy atom. The molecule has 1 aliphatic rings. The van der Waals surface area contributed by atoms with Gasteiger partial charge in [0, 0.05) is 34.3 Å². The number of aromatic nitrogens is 2. The minimum Gasteiger partial charge on any atom is -0.381 e. The number of anilines is 1. The number of nitrogens with one attached hydrogen (secondary N) is 2.